The largest absolute Gasteiger partial charge is 0.451 e. The van der Waals surface area contributed by atoms with Crippen molar-refractivity contribution < 1.29 is 9.21 Å². The molecule has 3 nitrogen and oxygen atoms in total. The number of hydrogen-bond donors (Lipinski definition) is 1. The summed E-state index contributed by atoms with van der Waals surface area (Å²) < 4.78 is 5.79. The lowest BCUT2D eigenvalue weighted by Crippen LogP contribution is -2.13. The van der Waals surface area contributed by atoms with Gasteiger partial charge in [0.25, 0.3) is 5.91 Å². The number of amides is 1. The van der Waals surface area contributed by atoms with Crippen LogP contribution in [0.1, 0.15) is 38.4 Å². The molecular formula is C22H23NO2. The number of rotatable bonds is 3. The third-order valence-electron chi connectivity index (χ3n) is 4.54. The molecule has 1 N–H and O–H groups in total. The molecule has 0 fully saturated rings. The van der Waals surface area contributed by atoms with Gasteiger partial charge in [-0.3, -0.25) is 4.79 Å². The van der Waals surface area contributed by atoms with Crippen molar-refractivity contribution in [2.45, 2.75) is 34.6 Å². The molecule has 0 spiro atoms. The van der Waals surface area contributed by atoms with E-state index in [0.29, 0.717) is 11.5 Å². The zero-order valence-electron chi connectivity index (χ0n) is 15.4. The van der Waals surface area contributed by atoms with E-state index in [-0.39, 0.29) is 5.91 Å². The van der Waals surface area contributed by atoms with Gasteiger partial charge in [0.05, 0.1) is 0 Å². The zero-order valence-corrected chi connectivity index (χ0v) is 15.4. The number of nitrogens with one attached hydrogen (secondary N) is 1. The van der Waals surface area contributed by atoms with E-state index in [9.17, 15) is 4.79 Å². The first-order valence-corrected chi connectivity index (χ1v) is 8.42. The van der Waals surface area contributed by atoms with Crippen molar-refractivity contribution in [3.05, 3.63) is 76.0 Å². The standard InChI is InChI=1S/C22H23NO2/c1-13-10-16(4)21(17(5)11-13)23-22(24)20-9-8-19(25-20)18-7-6-14(2)15(3)12-18/h6-12H,1-5H3,(H,23,24). The van der Waals surface area contributed by atoms with Gasteiger partial charge in [0.15, 0.2) is 5.76 Å². The smallest absolute Gasteiger partial charge is 0.291 e. The molecule has 3 rings (SSSR count). The summed E-state index contributed by atoms with van der Waals surface area (Å²) in [5.41, 5.74) is 7.54. The van der Waals surface area contributed by atoms with Crippen LogP contribution in [-0.4, -0.2) is 5.91 Å². The molecule has 0 aliphatic rings. The second kappa shape index (κ2) is 6.60. The van der Waals surface area contributed by atoms with Gasteiger partial charge in [0, 0.05) is 11.3 Å². The van der Waals surface area contributed by atoms with Crippen molar-refractivity contribution in [1.29, 1.82) is 0 Å². The Hall–Kier alpha value is -2.81. The average Bonchev–Trinajstić information content (AvgIpc) is 3.03. The maximum absolute atomic E-state index is 12.6. The minimum absolute atomic E-state index is 0.231. The summed E-state index contributed by atoms with van der Waals surface area (Å²) in [7, 11) is 0. The summed E-state index contributed by atoms with van der Waals surface area (Å²) in [5, 5.41) is 2.97. The maximum atomic E-state index is 12.6. The van der Waals surface area contributed by atoms with Gasteiger partial charge < -0.3 is 9.73 Å². The molecule has 0 radical (unpaired) electrons. The van der Waals surface area contributed by atoms with E-state index in [1.807, 2.05) is 32.9 Å². The highest BCUT2D eigenvalue weighted by Crippen LogP contribution is 2.26. The second-order valence-electron chi connectivity index (χ2n) is 6.69. The Kier molecular flexibility index (Phi) is 4.49. The fraction of sp³-hybridized carbons (Fsp3) is 0.227. The first-order valence-electron chi connectivity index (χ1n) is 8.42. The van der Waals surface area contributed by atoms with Gasteiger partial charge in [-0.15, -0.1) is 0 Å². The topological polar surface area (TPSA) is 42.2 Å². The van der Waals surface area contributed by atoms with E-state index >= 15 is 0 Å². The Balaban J connectivity index is 1.85. The second-order valence-corrected chi connectivity index (χ2v) is 6.69. The minimum Gasteiger partial charge on any atom is -0.451 e. The molecule has 0 unspecified atom stereocenters. The molecule has 1 amide bonds. The molecule has 0 atom stereocenters. The van der Waals surface area contributed by atoms with Gasteiger partial charge in [-0.05, 0) is 75.1 Å². The maximum Gasteiger partial charge on any atom is 0.291 e. The number of hydrogen-bond acceptors (Lipinski definition) is 2. The molecule has 0 saturated heterocycles. The number of furan rings is 1. The SMILES string of the molecule is Cc1cc(C)c(NC(=O)c2ccc(-c3ccc(C)c(C)c3)o2)c(C)c1. The summed E-state index contributed by atoms with van der Waals surface area (Å²) in [4.78, 5) is 12.6. The molecule has 1 aromatic heterocycles. The summed E-state index contributed by atoms with van der Waals surface area (Å²) in [6.07, 6.45) is 0. The lowest BCUT2D eigenvalue weighted by atomic mass is 10.1. The lowest BCUT2D eigenvalue weighted by molar-refractivity contribution is 0.0997. The molecule has 0 aliphatic heterocycles. The van der Waals surface area contributed by atoms with Crippen molar-refractivity contribution in [1.82, 2.24) is 0 Å². The van der Waals surface area contributed by atoms with E-state index in [0.717, 1.165) is 22.4 Å². The average molecular weight is 333 g/mol. The highest BCUT2D eigenvalue weighted by molar-refractivity contribution is 6.03. The van der Waals surface area contributed by atoms with Crippen LogP contribution in [0.2, 0.25) is 0 Å². The Morgan fingerprint density at radius 2 is 1.48 bits per heavy atom. The lowest BCUT2D eigenvalue weighted by Gasteiger charge is -2.11. The molecule has 1 heterocycles. The molecule has 0 aliphatic carbocycles. The van der Waals surface area contributed by atoms with E-state index in [1.54, 1.807) is 6.07 Å². The van der Waals surface area contributed by atoms with Crippen molar-refractivity contribution >= 4 is 11.6 Å². The molecule has 3 heteroatoms. The summed E-state index contributed by atoms with van der Waals surface area (Å²) >= 11 is 0. The number of aryl methyl sites for hydroxylation is 5. The Labute approximate surface area is 148 Å². The Morgan fingerprint density at radius 1 is 0.800 bits per heavy atom. The normalized spacial score (nSPS) is 10.8. The highest BCUT2D eigenvalue weighted by atomic mass is 16.3. The van der Waals surface area contributed by atoms with Gasteiger partial charge in [-0.25, -0.2) is 0 Å². The molecule has 128 valence electrons. The van der Waals surface area contributed by atoms with Crippen LogP contribution in [0.15, 0.2) is 46.9 Å². The molecule has 0 saturated carbocycles. The Bertz CT molecular complexity index is 927. The van der Waals surface area contributed by atoms with E-state index in [4.69, 9.17) is 4.42 Å². The predicted octanol–water partition coefficient (Wildman–Crippen LogP) is 5.74. The zero-order chi connectivity index (χ0) is 18.1. The number of carbonyl (C=O) groups is 1. The van der Waals surface area contributed by atoms with Crippen LogP contribution in [0.4, 0.5) is 5.69 Å². The fourth-order valence-corrected chi connectivity index (χ4v) is 3.06. The summed E-state index contributed by atoms with van der Waals surface area (Å²) in [5.74, 6) is 0.781. The van der Waals surface area contributed by atoms with Crippen molar-refractivity contribution in [3.8, 4) is 11.3 Å². The molecule has 25 heavy (non-hydrogen) atoms. The molecule has 0 bridgehead atoms. The summed E-state index contributed by atoms with van der Waals surface area (Å²) in [6.45, 7) is 10.2. The van der Waals surface area contributed by atoms with Crippen LogP contribution >= 0.6 is 0 Å². The van der Waals surface area contributed by atoms with Gasteiger partial charge in [0.2, 0.25) is 0 Å². The third-order valence-corrected chi connectivity index (χ3v) is 4.54. The van der Waals surface area contributed by atoms with E-state index < -0.39 is 0 Å². The number of benzene rings is 2. The monoisotopic (exact) mass is 333 g/mol. The predicted molar refractivity (Wildman–Crippen MR) is 102 cm³/mol. The number of carbonyl (C=O) groups excluding carboxylic acids is 1. The van der Waals surface area contributed by atoms with E-state index in [2.05, 4.69) is 43.4 Å². The van der Waals surface area contributed by atoms with Gasteiger partial charge in [-0.2, -0.15) is 0 Å². The van der Waals surface area contributed by atoms with Gasteiger partial charge >= 0.3 is 0 Å². The quantitative estimate of drug-likeness (QED) is 0.664. The molecule has 2 aromatic carbocycles. The van der Waals surface area contributed by atoms with E-state index in [1.165, 1.54) is 16.7 Å². The Morgan fingerprint density at radius 3 is 2.12 bits per heavy atom. The fourth-order valence-electron chi connectivity index (χ4n) is 3.06. The highest BCUT2D eigenvalue weighted by Gasteiger charge is 2.15. The van der Waals surface area contributed by atoms with Crippen LogP contribution in [0, 0.1) is 34.6 Å². The third kappa shape index (κ3) is 3.50. The van der Waals surface area contributed by atoms with Crippen molar-refractivity contribution in [3.63, 3.8) is 0 Å². The van der Waals surface area contributed by atoms with Crippen LogP contribution in [0.5, 0.6) is 0 Å². The van der Waals surface area contributed by atoms with Gasteiger partial charge in [0.1, 0.15) is 5.76 Å². The van der Waals surface area contributed by atoms with Gasteiger partial charge in [-0.1, -0.05) is 29.8 Å². The van der Waals surface area contributed by atoms with Crippen LogP contribution in [0.25, 0.3) is 11.3 Å². The van der Waals surface area contributed by atoms with Crippen molar-refractivity contribution in [2.24, 2.45) is 0 Å². The molecular weight excluding hydrogens is 310 g/mol. The molecule has 3 aromatic rings. The van der Waals surface area contributed by atoms with Crippen LogP contribution in [-0.2, 0) is 0 Å². The summed E-state index contributed by atoms with van der Waals surface area (Å²) in [6, 6.07) is 13.8. The first-order chi connectivity index (χ1) is 11.8. The van der Waals surface area contributed by atoms with Crippen LogP contribution in [0.3, 0.4) is 0 Å². The van der Waals surface area contributed by atoms with Crippen LogP contribution < -0.4 is 5.32 Å². The number of anilines is 1. The van der Waals surface area contributed by atoms with Crippen molar-refractivity contribution in [2.75, 3.05) is 5.32 Å². The minimum atomic E-state index is -0.231. The first kappa shape index (κ1) is 17.0.